The molecule has 1 N–H and O–H groups in total. The summed E-state index contributed by atoms with van der Waals surface area (Å²) in [4.78, 5) is 11.4. The van der Waals surface area contributed by atoms with Crippen LogP contribution in [0.4, 0.5) is 4.39 Å². The molecule has 0 saturated carbocycles. The number of esters is 1. The Balaban J connectivity index is 2.22. The lowest BCUT2D eigenvalue weighted by atomic mass is 9.92. The molecule has 0 fully saturated rings. The molecule has 0 aliphatic heterocycles. The number of ether oxygens (including phenoxy) is 1. The second-order valence-electron chi connectivity index (χ2n) is 4.31. The van der Waals surface area contributed by atoms with E-state index in [1.165, 1.54) is 12.1 Å². The van der Waals surface area contributed by atoms with E-state index in [2.05, 4.69) is 0 Å². The zero-order valence-electron chi connectivity index (χ0n) is 9.70. The van der Waals surface area contributed by atoms with Gasteiger partial charge in [-0.1, -0.05) is 6.07 Å². The van der Waals surface area contributed by atoms with Crippen LogP contribution in [0.3, 0.4) is 0 Å². The summed E-state index contributed by atoms with van der Waals surface area (Å²) in [5.74, 6) is -0.740. The van der Waals surface area contributed by atoms with Crippen molar-refractivity contribution in [1.29, 1.82) is 0 Å². The Hall–Kier alpha value is -1.42. The van der Waals surface area contributed by atoms with Crippen molar-refractivity contribution in [2.45, 2.75) is 31.8 Å². The molecule has 0 spiro atoms. The fraction of sp³-hybridized carbons (Fsp3) is 0.462. The van der Waals surface area contributed by atoms with Crippen molar-refractivity contribution in [1.82, 2.24) is 0 Å². The number of benzene rings is 1. The summed E-state index contributed by atoms with van der Waals surface area (Å²) in [5.41, 5.74) is 0.221. The van der Waals surface area contributed by atoms with Gasteiger partial charge >= 0.3 is 5.97 Å². The number of carbonyl (C=O) groups excluding carboxylic acids is 1. The Bertz CT molecular complexity index is 444. The number of aryl methyl sites for hydroxylation is 1. The number of hydrogen-bond acceptors (Lipinski definition) is 3. The lowest BCUT2D eigenvalue weighted by Gasteiger charge is -2.22. The van der Waals surface area contributed by atoms with Crippen LogP contribution in [0.5, 0.6) is 0 Å². The molecule has 1 aromatic carbocycles. The van der Waals surface area contributed by atoms with Crippen molar-refractivity contribution in [2.75, 3.05) is 6.61 Å². The number of aliphatic hydroxyl groups is 1. The van der Waals surface area contributed by atoms with Gasteiger partial charge in [-0.2, -0.15) is 0 Å². The van der Waals surface area contributed by atoms with Gasteiger partial charge in [-0.3, -0.25) is 4.79 Å². The van der Waals surface area contributed by atoms with Crippen LogP contribution < -0.4 is 0 Å². The molecule has 4 heteroatoms. The van der Waals surface area contributed by atoms with Gasteiger partial charge in [0.1, 0.15) is 11.4 Å². The average molecular weight is 238 g/mol. The van der Waals surface area contributed by atoms with Crippen molar-refractivity contribution in [3.63, 3.8) is 0 Å². The van der Waals surface area contributed by atoms with Gasteiger partial charge in [0.15, 0.2) is 0 Å². The highest BCUT2D eigenvalue weighted by atomic mass is 19.1. The molecule has 0 radical (unpaired) electrons. The van der Waals surface area contributed by atoms with Gasteiger partial charge in [0.05, 0.1) is 13.0 Å². The van der Waals surface area contributed by atoms with Crippen LogP contribution in [0.25, 0.3) is 0 Å². The Morgan fingerprint density at radius 3 is 3.06 bits per heavy atom. The third kappa shape index (κ3) is 2.31. The van der Waals surface area contributed by atoms with Crippen LogP contribution in [0, 0.1) is 5.82 Å². The van der Waals surface area contributed by atoms with Crippen molar-refractivity contribution in [3.8, 4) is 0 Å². The monoisotopic (exact) mass is 238 g/mol. The van der Waals surface area contributed by atoms with E-state index in [1.54, 1.807) is 13.0 Å². The zero-order chi connectivity index (χ0) is 12.5. The molecule has 0 saturated heterocycles. The minimum absolute atomic E-state index is 0.0700. The van der Waals surface area contributed by atoms with E-state index in [9.17, 15) is 14.3 Å². The van der Waals surface area contributed by atoms with Crippen molar-refractivity contribution in [3.05, 3.63) is 35.1 Å². The number of rotatable bonds is 3. The third-order valence-corrected chi connectivity index (χ3v) is 3.12. The van der Waals surface area contributed by atoms with Crippen LogP contribution in [0.15, 0.2) is 18.2 Å². The Morgan fingerprint density at radius 2 is 2.35 bits per heavy atom. The first-order valence-electron chi connectivity index (χ1n) is 5.72. The molecular weight excluding hydrogens is 223 g/mol. The molecule has 0 amide bonds. The Morgan fingerprint density at radius 1 is 1.59 bits per heavy atom. The molecular formula is C13H15FO3. The summed E-state index contributed by atoms with van der Waals surface area (Å²) in [6, 6.07) is 4.27. The normalized spacial score (nSPS) is 22.3. The maximum atomic E-state index is 13.0. The summed E-state index contributed by atoms with van der Waals surface area (Å²) >= 11 is 0. The van der Waals surface area contributed by atoms with Gasteiger partial charge in [-0.25, -0.2) is 4.39 Å². The van der Waals surface area contributed by atoms with Crippen LogP contribution in [-0.4, -0.2) is 17.7 Å². The molecule has 1 aliphatic rings. The first kappa shape index (κ1) is 12.0. The number of fused-ring (bicyclic) bond motifs is 1. The van der Waals surface area contributed by atoms with Crippen molar-refractivity contribution in [2.24, 2.45) is 0 Å². The lowest BCUT2D eigenvalue weighted by Crippen LogP contribution is -2.27. The number of halogens is 1. The minimum Gasteiger partial charge on any atom is -0.466 e. The quantitative estimate of drug-likeness (QED) is 0.818. The second-order valence-corrected chi connectivity index (χ2v) is 4.31. The summed E-state index contributed by atoms with van der Waals surface area (Å²) in [6.07, 6.45) is 0.951. The van der Waals surface area contributed by atoms with E-state index >= 15 is 0 Å². The van der Waals surface area contributed by atoms with Crippen molar-refractivity contribution < 1.29 is 19.0 Å². The predicted octanol–water partition coefficient (Wildman–Crippen LogP) is 1.91. The number of hydrogen-bond donors (Lipinski definition) is 1. The van der Waals surface area contributed by atoms with E-state index in [4.69, 9.17) is 4.74 Å². The minimum atomic E-state index is -1.20. The first-order valence-corrected chi connectivity index (χ1v) is 5.72. The van der Waals surface area contributed by atoms with Gasteiger partial charge in [0.25, 0.3) is 0 Å². The fourth-order valence-electron chi connectivity index (χ4n) is 2.33. The van der Waals surface area contributed by atoms with Crippen LogP contribution in [0.2, 0.25) is 0 Å². The molecule has 1 unspecified atom stereocenters. The van der Waals surface area contributed by atoms with E-state index < -0.39 is 11.6 Å². The highest BCUT2D eigenvalue weighted by molar-refractivity contribution is 5.71. The van der Waals surface area contributed by atoms with Crippen LogP contribution in [0.1, 0.15) is 30.9 Å². The molecule has 1 aromatic rings. The summed E-state index contributed by atoms with van der Waals surface area (Å²) < 4.78 is 17.9. The maximum Gasteiger partial charge on any atom is 0.309 e. The molecule has 1 aliphatic carbocycles. The molecule has 0 bridgehead atoms. The third-order valence-electron chi connectivity index (χ3n) is 3.12. The fourth-order valence-corrected chi connectivity index (χ4v) is 2.33. The van der Waals surface area contributed by atoms with Gasteiger partial charge in [0, 0.05) is 0 Å². The largest absolute Gasteiger partial charge is 0.466 e. The SMILES string of the molecule is CCOC(=O)CC1(O)CCc2cc(F)ccc21. The van der Waals surface area contributed by atoms with Gasteiger partial charge in [-0.15, -0.1) is 0 Å². The van der Waals surface area contributed by atoms with Crippen LogP contribution >= 0.6 is 0 Å². The van der Waals surface area contributed by atoms with E-state index in [1.807, 2.05) is 0 Å². The highest BCUT2D eigenvalue weighted by Crippen LogP contribution is 2.39. The van der Waals surface area contributed by atoms with Gasteiger partial charge < -0.3 is 9.84 Å². The topological polar surface area (TPSA) is 46.5 Å². The molecule has 92 valence electrons. The van der Waals surface area contributed by atoms with E-state index in [0.29, 0.717) is 25.0 Å². The highest BCUT2D eigenvalue weighted by Gasteiger charge is 2.39. The zero-order valence-corrected chi connectivity index (χ0v) is 9.70. The summed E-state index contributed by atoms with van der Waals surface area (Å²) in [5, 5.41) is 10.4. The maximum absolute atomic E-state index is 13.0. The second kappa shape index (κ2) is 4.45. The Labute approximate surface area is 99.2 Å². The van der Waals surface area contributed by atoms with Crippen molar-refractivity contribution >= 4 is 5.97 Å². The smallest absolute Gasteiger partial charge is 0.309 e. The predicted molar refractivity (Wildman–Crippen MR) is 59.9 cm³/mol. The molecule has 1 atom stereocenters. The molecule has 17 heavy (non-hydrogen) atoms. The molecule has 2 rings (SSSR count). The Kier molecular flexibility index (Phi) is 3.15. The van der Waals surface area contributed by atoms with E-state index in [0.717, 1.165) is 5.56 Å². The first-order chi connectivity index (χ1) is 8.05. The standard InChI is InChI=1S/C13H15FO3/c1-2-17-12(15)8-13(16)6-5-9-7-10(14)3-4-11(9)13/h3-4,7,16H,2,5-6,8H2,1H3. The molecule has 3 nitrogen and oxygen atoms in total. The van der Waals surface area contributed by atoms with Gasteiger partial charge in [-0.05, 0) is 43.0 Å². The van der Waals surface area contributed by atoms with Gasteiger partial charge in [0.2, 0.25) is 0 Å². The summed E-state index contributed by atoms with van der Waals surface area (Å²) in [6.45, 7) is 2.02. The van der Waals surface area contributed by atoms with Crippen LogP contribution in [-0.2, 0) is 21.6 Å². The average Bonchev–Trinajstić information content (AvgIpc) is 2.56. The lowest BCUT2D eigenvalue weighted by molar-refractivity contribution is -0.149. The molecule has 0 aromatic heterocycles. The van der Waals surface area contributed by atoms with E-state index in [-0.39, 0.29) is 12.2 Å². The molecule has 0 heterocycles. The number of carbonyl (C=O) groups is 1. The summed E-state index contributed by atoms with van der Waals surface area (Å²) in [7, 11) is 0.